The Balaban J connectivity index is 2.60. The second-order valence-corrected chi connectivity index (χ2v) is 7.08. The molecule has 1 aliphatic rings. The summed E-state index contributed by atoms with van der Waals surface area (Å²) in [6, 6.07) is 0. The average molecular weight is 269 g/mol. The molecule has 0 saturated heterocycles. The maximum Gasteiger partial charge on any atom is 0.305 e. The van der Waals surface area contributed by atoms with E-state index in [-0.39, 0.29) is 23.7 Å². The molecular weight excluding hydrogens is 242 g/mol. The summed E-state index contributed by atoms with van der Waals surface area (Å²) < 4.78 is 0. The zero-order valence-corrected chi connectivity index (χ0v) is 12.6. The topological polar surface area (TPSA) is 66.4 Å². The maximum atomic E-state index is 12.1. The van der Waals surface area contributed by atoms with Gasteiger partial charge in [0.15, 0.2) is 0 Å². The minimum Gasteiger partial charge on any atom is -0.481 e. The summed E-state index contributed by atoms with van der Waals surface area (Å²) >= 11 is 0. The third-order valence-corrected chi connectivity index (χ3v) is 4.42. The van der Waals surface area contributed by atoms with Crippen LogP contribution in [0.2, 0.25) is 0 Å². The lowest BCUT2D eigenvalue weighted by Crippen LogP contribution is -2.48. The van der Waals surface area contributed by atoms with Crippen LogP contribution in [0.1, 0.15) is 66.2 Å². The van der Waals surface area contributed by atoms with Crippen molar-refractivity contribution >= 4 is 11.9 Å². The standard InChI is InChI=1S/C15H27NO3/c1-11(14(2,3)4)9-12(17)16-15(10-13(18)19)7-5-6-8-15/h11H,5-10H2,1-4H3,(H,16,17)(H,18,19). The summed E-state index contributed by atoms with van der Waals surface area (Å²) in [5.41, 5.74) is -0.409. The Morgan fingerprint density at radius 2 is 1.79 bits per heavy atom. The van der Waals surface area contributed by atoms with E-state index in [9.17, 15) is 9.59 Å². The Morgan fingerprint density at radius 1 is 1.26 bits per heavy atom. The molecule has 0 aliphatic heterocycles. The van der Waals surface area contributed by atoms with Crippen LogP contribution in [0.4, 0.5) is 0 Å². The first kappa shape index (κ1) is 16.0. The summed E-state index contributed by atoms with van der Waals surface area (Å²) in [4.78, 5) is 23.1. The average Bonchev–Trinajstić information content (AvgIpc) is 2.62. The molecule has 0 heterocycles. The van der Waals surface area contributed by atoms with E-state index in [2.05, 4.69) is 33.0 Å². The summed E-state index contributed by atoms with van der Waals surface area (Å²) in [6.07, 6.45) is 4.09. The van der Waals surface area contributed by atoms with Crippen molar-refractivity contribution in [3.8, 4) is 0 Å². The van der Waals surface area contributed by atoms with E-state index < -0.39 is 11.5 Å². The molecule has 0 bridgehead atoms. The molecule has 0 aromatic carbocycles. The summed E-state index contributed by atoms with van der Waals surface area (Å²) in [7, 11) is 0. The largest absolute Gasteiger partial charge is 0.481 e. The van der Waals surface area contributed by atoms with Gasteiger partial charge in [-0.2, -0.15) is 0 Å². The van der Waals surface area contributed by atoms with Crippen molar-refractivity contribution in [3.05, 3.63) is 0 Å². The molecular formula is C15H27NO3. The van der Waals surface area contributed by atoms with Gasteiger partial charge in [-0.15, -0.1) is 0 Å². The number of hydrogen-bond donors (Lipinski definition) is 2. The minimum atomic E-state index is -0.828. The molecule has 110 valence electrons. The predicted octanol–water partition coefficient (Wildman–Crippen LogP) is 2.96. The van der Waals surface area contributed by atoms with Gasteiger partial charge in [0.1, 0.15) is 0 Å². The van der Waals surface area contributed by atoms with Crippen molar-refractivity contribution < 1.29 is 14.7 Å². The second-order valence-electron chi connectivity index (χ2n) is 7.08. The van der Waals surface area contributed by atoms with Gasteiger partial charge in [0, 0.05) is 6.42 Å². The first-order chi connectivity index (χ1) is 8.65. The van der Waals surface area contributed by atoms with Crippen LogP contribution in [0.25, 0.3) is 0 Å². The number of rotatable bonds is 5. The molecule has 0 spiro atoms. The number of hydrogen-bond acceptors (Lipinski definition) is 2. The van der Waals surface area contributed by atoms with E-state index in [1.54, 1.807) is 0 Å². The Kier molecular flexibility index (Phi) is 4.99. The van der Waals surface area contributed by atoms with Gasteiger partial charge in [-0.25, -0.2) is 0 Å². The molecule has 2 N–H and O–H groups in total. The molecule has 4 heteroatoms. The van der Waals surface area contributed by atoms with Crippen LogP contribution in [0.3, 0.4) is 0 Å². The lowest BCUT2D eigenvalue weighted by Gasteiger charge is -2.31. The lowest BCUT2D eigenvalue weighted by molar-refractivity contribution is -0.139. The first-order valence-electron chi connectivity index (χ1n) is 7.17. The Labute approximate surface area is 116 Å². The van der Waals surface area contributed by atoms with Gasteiger partial charge in [-0.05, 0) is 24.2 Å². The molecule has 0 aromatic rings. The fourth-order valence-corrected chi connectivity index (χ4v) is 2.62. The highest BCUT2D eigenvalue weighted by atomic mass is 16.4. The highest BCUT2D eigenvalue weighted by Crippen LogP contribution is 2.34. The van der Waals surface area contributed by atoms with Gasteiger partial charge in [0.05, 0.1) is 12.0 Å². The van der Waals surface area contributed by atoms with Gasteiger partial charge in [0.2, 0.25) is 5.91 Å². The third kappa shape index (κ3) is 4.84. The van der Waals surface area contributed by atoms with Gasteiger partial charge in [-0.1, -0.05) is 40.5 Å². The van der Waals surface area contributed by atoms with Crippen molar-refractivity contribution in [3.63, 3.8) is 0 Å². The van der Waals surface area contributed by atoms with Gasteiger partial charge in [-0.3, -0.25) is 9.59 Å². The zero-order chi connectivity index (χ0) is 14.7. The fraction of sp³-hybridized carbons (Fsp3) is 0.867. The first-order valence-corrected chi connectivity index (χ1v) is 7.17. The molecule has 1 saturated carbocycles. The van der Waals surface area contributed by atoms with Crippen molar-refractivity contribution in [2.75, 3.05) is 0 Å². The van der Waals surface area contributed by atoms with Crippen LogP contribution in [-0.2, 0) is 9.59 Å². The smallest absolute Gasteiger partial charge is 0.305 e. The van der Waals surface area contributed by atoms with Crippen LogP contribution in [0, 0.1) is 11.3 Å². The predicted molar refractivity (Wildman–Crippen MR) is 74.8 cm³/mol. The number of carbonyl (C=O) groups excluding carboxylic acids is 1. The van der Waals surface area contributed by atoms with E-state index >= 15 is 0 Å². The number of carbonyl (C=O) groups is 2. The van der Waals surface area contributed by atoms with E-state index in [0.717, 1.165) is 25.7 Å². The third-order valence-electron chi connectivity index (χ3n) is 4.42. The van der Waals surface area contributed by atoms with Crippen LogP contribution in [0.15, 0.2) is 0 Å². The highest BCUT2D eigenvalue weighted by Gasteiger charge is 2.37. The number of aliphatic carboxylic acids is 1. The quantitative estimate of drug-likeness (QED) is 0.806. The number of nitrogens with one attached hydrogen (secondary N) is 1. The number of amides is 1. The molecule has 1 amide bonds. The monoisotopic (exact) mass is 269 g/mol. The fourth-order valence-electron chi connectivity index (χ4n) is 2.62. The Morgan fingerprint density at radius 3 is 2.21 bits per heavy atom. The highest BCUT2D eigenvalue weighted by molar-refractivity contribution is 5.78. The molecule has 1 aliphatic carbocycles. The van der Waals surface area contributed by atoms with Gasteiger partial charge < -0.3 is 10.4 Å². The van der Waals surface area contributed by atoms with Gasteiger partial charge >= 0.3 is 5.97 Å². The Bertz CT molecular complexity index is 338. The molecule has 1 unspecified atom stereocenters. The molecule has 4 nitrogen and oxygen atoms in total. The van der Waals surface area contributed by atoms with E-state index in [0.29, 0.717) is 6.42 Å². The normalized spacial score (nSPS) is 20.0. The number of carboxylic acid groups (broad SMARTS) is 1. The van der Waals surface area contributed by atoms with Crippen LogP contribution >= 0.6 is 0 Å². The summed E-state index contributed by atoms with van der Waals surface area (Å²) in [5.74, 6) is -0.563. The SMILES string of the molecule is CC(CC(=O)NC1(CC(=O)O)CCCC1)C(C)(C)C. The van der Waals surface area contributed by atoms with E-state index in [1.807, 2.05) is 0 Å². The van der Waals surface area contributed by atoms with Crippen LogP contribution in [0.5, 0.6) is 0 Å². The molecule has 1 rings (SSSR count). The van der Waals surface area contributed by atoms with Crippen molar-refractivity contribution in [1.29, 1.82) is 0 Å². The van der Waals surface area contributed by atoms with Gasteiger partial charge in [0.25, 0.3) is 0 Å². The lowest BCUT2D eigenvalue weighted by atomic mass is 9.80. The van der Waals surface area contributed by atoms with E-state index in [1.165, 1.54) is 0 Å². The van der Waals surface area contributed by atoms with Crippen LogP contribution in [-0.4, -0.2) is 22.5 Å². The molecule has 1 fully saturated rings. The molecule has 1 atom stereocenters. The summed E-state index contributed by atoms with van der Waals surface area (Å²) in [6.45, 7) is 8.42. The van der Waals surface area contributed by atoms with Crippen molar-refractivity contribution in [1.82, 2.24) is 5.32 Å². The maximum absolute atomic E-state index is 12.1. The molecule has 0 radical (unpaired) electrons. The number of carboxylic acids is 1. The summed E-state index contributed by atoms with van der Waals surface area (Å²) in [5, 5.41) is 12.0. The van der Waals surface area contributed by atoms with Crippen molar-refractivity contribution in [2.24, 2.45) is 11.3 Å². The van der Waals surface area contributed by atoms with E-state index in [4.69, 9.17) is 5.11 Å². The second kappa shape index (κ2) is 5.93. The van der Waals surface area contributed by atoms with Crippen LogP contribution < -0.4 is 5.32 Å². The minimum absolute atomic E-state index is 0.00873. The van der Waals surface area contributed by atoms with Crippen molar-refractivity contribution in [2.45, 2.75) is 71.8 Å². The molecule has 0 aromatic heterocycles. The molecule has 19 heavy (non-hydrogen) atoms. The zero-order valence-electron chi connectivity index (χ0n) is 12.6. The Hall–Kier alpha value is -1.06.